The van der Waals surface area contributed by atoms with E-state index in [2.05, 4.69) is 5.32 Å². The first-order valence-electron chi connectivity index (χ1n) is 7.12. The predicted octanol–water partition coefficient (Wildman–Crippen LogP) is 1.19. The molecule has 0 bridgehead atoms. The topological polar surface area (TPSA) is 88.1 Å². The Balaban J connectivity index is 1.70. The van der Waals surface area contributed by atoms with Crippen molar-refractivity contribution in [3.8, 4) is 5.75 Å². The number of amides is 2. The number of carboxylic acid groups (broad SMARTS) is 1. The van der Waals surface area contributed by atoms with Crippen LogP contribution in [0.1, 0.15) is 16.8 Å². The standard InChI is InChI=1S/C15H20N2O5/c1-21-13-5-7-17(10-13)15(20)16-6-8-22-12-4-2-3-11(9-12)14(18)19/h2-4,9,13H,5-8,10H2,1H3,(H,16,20)(H,18,19)/t13-/m0/s1. The first kappa shape index (κ1) is 16.1. The quantitative estimate of drug-likeness (QED) is 0.771. The lowest BCUT2D eigenvalue weighted by atomic mass is 10.2. The van der Waals surface area contributed by atoms with Crippen molar-refractivity contribution in [3.05, 3.63) is 29.8 Å². The minimum absolute atomic E-state index is 0.112. The maximum absolute atomic E-state index is 11.9. The number of ether oxygens (including phenoxy) is 2. The molecule has 120 valence electrons. The van der Waals surface area contributed by atoms with Crippen LogP contribution in [0.4, 0.5) is 4.79 Å². The lowest BCUT2D eigenvalue weighted by Crippen LogP contribution is -2.40. The molecule has 7 nitrogen and oxygen atoms in total. The number of carbonyl (C=O) groups excluding carboxylic acids is 1. The maximum Gasteiger partial charge on any atom is 0.335 e. The number of nitrogens with zero attached hydrogens (tertiary/aromatic N) is 1. The molecule has 2 amide bonds. The zero-order chi connectivity index (χ0) is 15.9. The van der Waals surface area contributed by atoms with Gasteiger partial charge in [-0.15, -0.1) is 0 Å². The monoisotopic (exact) mass is 308 g/mol. The number of nitrogens with one attached hydrogen (secondary N) is 1. The third kappa shape index (κ3) is 4.36. The van der Waals surface area contributed by atoms with Crippen molar-refractivity contribution in [1.82, 2.24) is 10.2 Å². The van der Waals surface area contributed by atoms with Crippen LogP contribution in [0.2, 0.25) is 0 Å². The molecule has 7 heteroatoms. The molecule has 1 aromatic rings. The van der Waals surface area contributed by atoms with Crippen LogP contribution in [0.5, 0.6) is 5.75 Å². The van der Waals surface area contributed by atoms with Crippen LogP contribution in [0.25, 0.3) is 0 Å². The Labute approximate surface area is 128 Å². The normalized spacial score (nSPS) is 17.3. The number of carboxylic acids is 1. The predicted molar refractivity (Wildman–Crippen MR) is 79.3 cm³/mol. The molecule has 2 rings (SSSR count). The summed E-state index contributed by atoms with van der Waals surface area (Å²) in [6.07, 6.45) is 0.961. The molecular weight excluding hydrogens is 288 g/mol. The van der Waals surface area contributed by atoms with Crippen LogP contribution in [-0.4, -0.2) is 61.5 Å². The maximum atomic E-state index is 11.9. The van der Waals surface area contributed by atoms with Gasteiger partial charge in [0.25, 0.3) is 0 Å². The second kappa shape index (κ2) is 7.65. The van der Waals surface area contributed by atoms with Gasteiger partial charge >= 0.3 is 12.0 Å². The number of aromatic carboxylic acids is 1. The largest absolute Gasteiger partial charge is 0.492 e. The summed E-state index contributed by atoms with van der Waals surface area (Å²) in [5.41, 5.74) is 0.171. The van der Waals surface area contributed by atoms with Crippen LogP contribution in [0, 0.1) is 0 Å². The van der Waals surface area contributed by atoms with E-state index in [0.717, 1.165) is 6.42 Å². The average molecular weight is 308 g/mol. The molecule has 1 fully saturated rings. The van der Waals surface area contributed by atoms with Crippen molar-refractivity contribution >= 4 is 12.0 Å². The molecule has 1 aromatic carbocycles. The minimum Gasteiger partial charge on any atom is -0.492 e. The number of methoxy groups -OCH3 is 1. The second-order valence-electron chi connectivity index (χ2n) is 5.01. The molecule has 0 unspecified atom stereocenters. The minimum atomic E-state index is -1.000. The van der Waals surface area contributed by atoms with E-state index in [9.17, 15) is 9.59 Å². The molecule has 1 aliphatic rings. The van der Waals surface area contributed by atoms with E-state index >= 15 is 0 Å². The van der Waals surface area contributed by atoms with Gasteiger partial charge in [0, 0.05) is 20.2 Å². The van der Waals surface area contributed by atoms with Gasteiger partial charge in [-0.2, -0.15) is 0 Å². The number of likely N-dealkylation sites (tertiary alicyclic amines) is 1. The molecule has 0 aromatic heterocycles. The van der Waals surface area contributed by atoms with Gasteiger partial charge in [0.2, 0.25) is 0 Å². The van der Waals surface area contributed by atoms with E-state index in [1.807, 2.05) is 0 Å². The number of urea groups is 1. The highest BCUT2D eigenvalue weighted by atomic mass is 16.5. The van der Waals surface area contributed by atoms with Crippen LogP contribution in [0.3, 0.4) is 0 Å². The first-order chi connectivity index (χ1) is 10.6. The SMILES string of the molecule is CO[C@H]1CCN(C(=O)NCCOc2cccc(C(=O)O)c2)C1. The summed E-state index contributed by atoms with van der Waals surface area (Å²) >= 11 is 0. The summed E-state index contributed by atoms with van der Waals surface area (Å²) in [6, 6.07) is 6.11. The van der Waals surface area contributed by atoms with E-state index in [1.54, 1.807) is 24.1 Å². The molecule has 0 radical (unpaired) electrons. The summed E-state index contributed by atoms with van der Waals surface area (Å²) in [6.45, 7) is 1.91. The van der Waals surface area contributed by atoms with Crippen molar-refractivity contribution in [2.24, 2.45) is 0 Å². The molecule has 1 saturated heterocycles. The van der Waals surface area contributed by atoms with E-state index < -0.39 is 5.97 Å². The molecule has 22 heavy (non-hydrogen) atoms. The summed E-state index contributed by atoms with van der Waals surface area (Å²) in [7, 11) is 1.64. The van der Waals surface area contributed by atoms with Crippen molar-refractivity contribution in [2.45, 2.75) is 12.5 Å². The first-order valence-corrected chi connectivity index (χ1v) is 7.12. The van der Waals surface area contributed by atoms with Crippen LogP contribution in [0.15, 0.2) is 24.3 Å². The molecule has 0 aliphatic carbocycles. The molecular formula is C15H20N2O5. The second-order valence-corrected chi connectivity index (χ2v) is 5.01. The zero-order valence-electron chi connectivity index (χ0n) is 12.4. The van der Waals surface area contributed by atoms with Crippen LogP contribution >= 0.6 is 0 Å². The Morgan fingerprint density at radius 1 is 1.45 bits per heavy atom. The Morgan fingerprint density at radius 3 is 2.95 bits per heavy atom. The van der Waals surface area contributed by atoms with Gasteiger partial charge in [-0.05, 0) is 24.6 Å². The van der Waals surface area contributed by atoms with Crippen molar-refractivity contribution < 1.29 is 24.2 Å². The van der Waals surface area contributed by atoms with Gasteiger partial charge in [0.1, 0.15) is 12.4 Å². The lowest BCUT2D eigenvalue weighted by molar-refractivity contribution is 0.0696. The summed E-state index contributed by atoms with van der Waals surface area (Å²) in [5.74, 6) is -0.532. The fourth-order valence-electron chi connectivity index (χ4n) is 2.26. The Morgan fingerprint density at radius 2 is 2.27 bits per heavy atom. The van der Waals surface area contributed by atoms with E-state index in [4.69, 9.17) is 14.6 Å². The fourth-order valence-corrected chi connectivity index (χ4v) is 2.26. The number of benzene rings is 1. The Bertz CT molecular complexity index is 534. The smallest absolute Gasteiger partial charge is 0.335 e. The molecule has 0 saturated carbocycles. The highest BCUT2D eigenvalue weighted by Crippen LogP contribution is 2.13. The zero-order valence-corrected chi connectivity index (χ0v) is 12.4. The Kier molecular flexibility index (Phi) is 5.60. The Hall–Kier alpha value is -2.28. The van der Waals surface area contributed by atoms with E-state index in [1.165, 1.54) is 12.1 Å². The molecule has 2 N–H and O–H groups in total. The van der Waals surface area contributed by atoms with Gasteiger partial charge in [0.05, 0.1) is 18.2 Å². The summed E-state index contributed by atoms with van der Waals surface area (Å²) in [4.78, 5) is 24.4. The molecule has 1 aliphatic heterocycles. The molecule has 1 atom stereocenters. The fraction of sp³-hybridized carbons (Fsp3) is 0.467. The van der Waals surface area contributed by atoms with Gasteiger partial charge in [-0.1, -0.05) is 6.07 Å². The number of hydrogen-bond donors (Lipinski definition) is 2. The van der Waals surface area contributed by atoms with Crippen LogP contribution in [-0.2, 0) is 4.74 Å². The lowest BCUT2D eigenvalue weighted by Gasteiger charge is -2.17. The van der Waals surface area contributed by atoms with Gasteiger partial charge in [-0.3, -0.25) is 0 Å². The van der Waals surface area contributed by atoms with Gasteiger partial charge in [0.15, 0.2) is 0 Å². The van der Waals surface area contributed by atoms with E-state index in [-0.39, 0.29) is 24.3 Å². The third-order valence-corrected chi connectivity index (χ3v) is 3.49. The number of hydrogen-bond acceptors (Lipinski definition) is 4. The van der Waals surface area contributed by atoms with Crippen LogP contribution < -0.4 is 10.1 Å². The van der Waals surface area contributed by atoms with E-state index in [0.29, 0.717) is 25.4 Å². The van der Waals surface area contributed by atoms with Crippen molar-refractivity contribution in [2.75, 3.05) is 33.4 Å². The third-order valence-electron chi connectivity index (χ3n) is 3.49. The van der Waals surface area contributed by atoms with Crippen molar-refractivity contribution in [1.29, 1.82) is 0 Å². The number of carbonyl (C=O) groups is 2. The number of rotatable bonds is 6. The van der Waals surface area contributed by atoms with Crippen molar-refractivity contribution in [3.63, 3.8) is 0 Å². The summed E-state index contributed by atoms with van der Waals surface area (Å²) in [5, 5.41) is 11.7. The van der Waals surface area contributed by atoms with Gasteiger partial charge in [-0.25, -0.2) is 9.59 Å². The molecule has 1 heterocycles. The highest BCUT2D eigenvalue weighted by molar-refractivity contribution is 5.88. The molecule has 0 spiro atoms. The average Bonchev–Trinajstić information content (AvgIpc) is 3.01. The highest BCUT2D eigenvalue weighted by Gasteiger charge is 2.25. The van der Waals surface area contributed by atoms with Gasteiger partial charge < -0.3 is 24.8 Å². The summed E-state index contributed by atoms with van der Waals surface area (Å²) < 4.78 is 10.6.